The summed E-state index contributed by atoms with van der Waals surface area (Å²) >= 11 is 3.23. The number of phenolic OH excluding ortho intramolecular Hbond substituents is 1. The van der Waals surface area contributed by atoms with Crippen molar-refractivity contribution in [3.8, 4) is 11.5 Å². The molecule has 1 aromatic carbocycles. The van der Waals surface area contributed by atoms with Crippen molar-refractivity contribution >= 4 is 22.0 Å². The minimum atomic E-state index is 0.190. The number of nitrogens with two attached hydrogens (primary N) is 1. The molecule has 4 heteroatoms. The van der Waals surface area contributed by atoms with Crippen LogP contribution in [0.3, 0.4) is 0 Å². The molecular formula is C10H12BrNO2. The van der Waals surface area contributed by atoms with Crippen LogP contribution in [0.25, 0.3) is 6.08 Å². The third-order valence-electron chi connectivity index (χ3n) is 1.74. The van der Waals surface area contributed by atoms with Crippen molar-refractivity contribution in [2.45, 2.75) is 0 Å². The molecule has 1 rings (SSSR count). The molecule has 0 radical (unpaired) electrons. The molecule has 0 amide bonds. The summed E-state index contributed by atoms with van der Waals surface area (Å²) in [5.74, 6) is 0.877. The zero-order valence-electron chi connectivity index (χ0n) is 7.83. The highest BCUT2D eigenvalue weighted by Crippen LogP contribution is 2.33. The lowest BCUT2D eigenvalue weighted by molar-refractivity contribution is 0.411. The molecule has 0 aliphatic carbocycles. The van der Waals surface area contributed by atoms with Gasteiger partial charge in [-0.3, -0.25) is 0 Å². The molecule has 0 aromatic heterocycles. The van der Waals surface area contributed by atoms with Gasteiger partial charge in [0.25, 0.3) is 0 Å². The largest absolute Gasteiger partial charge is 0.506 e. The summed E-state index contributed by atoms with van der Waals surface area (Å²) in [4.78, 5) is 0. The van der Waals surface area contributed by atoms with Gasteiger partial charge in [-0.05, 0) is 28.1 Å². The van der Waals surface area contributed by atoms with Crippen molar-refractivity contribution in [2.24, 2.45) is 5.73 Å². The van der Waals surface area contributed by atoms with Crippen LogP contribution in [0.2, 0.25) is 0 Å². The van der Waals surface area contributed by atoms with Gasteiger partial charge in [0.15, 0.2) is 0 Å². The van der Waals surface area contributed by atoms with E-state index in [-0.39, 0.29) is 5.75 Å². The Labute approximate surface area is 91.3 Å². The van der Waals surface area contributed by atoms with Gasteiger partial charge in [0.1, 0.15) is 11.5 Å². The monoisotopic (exact) mass is 257 g/mol. The van der Waals surface area contributed by atoms with Gasteiger partial charge < -0.3 is 15.6 Å². The number of aromatic hydroxyl groups is 1. The number of phenols is 1. The molecule has 0 aliphatic heterocycles. The van der Waals surface area contributed by atoms with Crippen LogP contribution in [-0.4, -0.2) is 18.8 Å². The van der Waals surface area contributed by atoms with E-state index in [1.54, 1.807) is 31.4 Å². The van der Waals surface area contributed by atoms with E-state index in [9.17, 15) is 5.11 Å². The Balaban J connectivity index is 3.13. The molecule has 0 unspecified atom stereocenters. The number of hydrogen-bond acceptors (Lipinski definition) is 3. The highest BCUT2D eigenvalue weighted by Gasteiger charge is 2.05. The summed E-state index contributed by atoms with van der Waals surface area (Å²) < 4.78 is 5.67. The number of hydrogen-bond donors (Lipinski definition) is 2. The van der Waals surface area contributed by atoms with Crippen LogP contribution in [0.5, 0.6) is 11.5 Å². The summed E-state index contributed by atoms with van der Waals surface area (Å²) in [7, 11) is 1.58. The van der Waals surface area contributed by atoms with E-state index in [1.807, 2.05) is 0 Å². The highest BCUT2D eigenvalue weighted by molar-refractivity contribution is 9.10. The molecule has 0 bridgehead atoms. The van der Waals surface area contributed by atoms with Crippen LogP contribution in [0.1, 0.15) is 5.56 Å². The minimum Gasteiger partial charge on any atom is -0.506 e. The molecule has 0 heterocycles. The van der Waals surface area contributed by atoms with Crippen molar-refractivity contribution in [3.63, 3.8) is 0 Å². The van der Waals surface area contributed by atoms with Crippen molar-refractivity contribution in [1.82, 2.24) is 0 Å². The molecule has 0 spiro atoms. The summed E-state index contributed by atoms with van der Waals surface area (Å²) in [6.07, 6.45) is 3.52. The van der Waals surface area contributed by atoms with Crippen LogP contribution in [0, 0.1) is 0 Å². The van der Waals surface area contributed by atoms with Gasteiger partial charge in [-0.15, -0.1) is 0 Å². The van der Waals surface area contributed by atoms with Gasteiger partial charge in [-0.2, -0.15) is 0 Å². The topological polar surface area (TPSA) is 55.5 Å². The van der Waals surface area contributed by atoms with Gasteiger partial charge >= 0.3 is 0 Å². The Morgan fingerprint density at radius 2 is 2.29 bits per heavy atom. The average Bonchev–Trinajstić information content (AvgIpc) is 2.20. The SMILES string of the molecule is COc1cc(Br)c(O)c(/C=C/CN)c1. The lowest BCUT2D eigenvalue weighted by atomic mass is 10.2. The van der Waals surface area contributed by atoms with Crippen molar-refractivity contribution in [1.29, 1.82) is 0 Å². The average molecular weight is 258 g/mol. The van der Waals surface area contributed by atoms with Crippen molar-refractivity contribution in [3.05, 3.63) is 28.2 Å². The fourth-order valence-electron chi connectivity index (χ4n) is 1.03. The van der Waals surface area contributed by atoms with Crippen LogP contribution in [0.4, 0.5) is 0 Å². The van der Waals surface area contributed by atoms with E-state index in [1.165, 1.54) is 0 Å². The number of methoxy groups -OCH3 is 1. The van der Waals surface area contributed by atoms with Gasteiger partial charge in [0, 0.05) is 12.1 Å². The molecule has 3 N–H and O–H groups in total. The number of benzene rings is 1. The quantitative estimate of drug-likeness (QED) is 0.873. The Bertz CT molecular complexity index is 350. The highest BCUT2D eigenvalue weighted by atomic mass is 79.9. The third-order valence-corrected chi connectivity index (χ3v) is 2.34. The molecule has 76 valence electrons. The maximum Gasteiger partial charge on any atom is 0.137 e. The summed E-state index contributed by atoms with van der Waals surface area (Å²) in [6.45, 7) is 0.439. The second kappa shape index (κ2) is 5.02. The van der Waals surface area contributed by atoms with Crippen LogP contribution in [0.15, 0.2) is 22.7 Å². The van der Waals surface area contributed by atoms with Crippen molar-refractivity contribution in [2.75, 3.05) is 13.7 Å². The number of rotatable bonds is 3. The lowest BCUT2D eigenvalue weighted by Gasteiger charge is -2.05. The number of halogens is 1. The van der Waals surface area contributed by atoms with E-state index in [0.717, 1.165) is 0 Å². The smallest absolute Gasteiger partial charge is 0.137 e. The van der Waals surface area contributed by atoms with E-state index >= 15 is 0 Å². The first-order valence-electron chi connectivity index (χ1n) is 4.12. The first-order chi connectivity index (χ1) is 6.69. The fourth-order valence-corrected chi connectivity index (χ4v) is 1.49. The van der Waals surface area contributed by atoms with Crippen molar-refractivity contribution < 1.29 is 9.84 Å². The zero-order chi connectivity index (χ0) is 10.6. The summed E-state index contributed by atoms with van der Waals surface area (Å²) in [5.41, 5.74) is 6.01. The molecular weight excluding hydrogens is 246 g/mol. The van der Waals surface area contributed by atoms with Crippen LogP contribution < -0.4 is 10.5 Å². The first kappa shape index (κ1) is 11.1. The molecule has 14 heavy (non-hydrogen) atoms. The second-order valence-electron chi connectivity index (χ2n) is 2.69. The van der Waals surface area contributed by atoms with Crippen LogP contribution >= 0.6 is 15.9 Å². The Morgan fingerprint density at radius 1 is 1.57 bits per heavy atom. The Kier molecular flexibility index (Phi) is 3.98. The predicted molar refractivity (Wildman–Crippen MR) is 60.4 cm³/mol. The van der Waals surface area contributed by atoms with E-state index < -0.39 is 0 Å². The molecule has 0 aliphatic rings. The van der Waals surface area contributed by atoms with E-state index in [2.05, 4.69) is 15.9 Å². The van der Waals surface area contributed by atoms with Gasteiger partial charge in [-0.1, -0.05) is 12.2 Å². The van der Waals surface area contributed by atoms with E-state index in [4.69, 9.17) is 10.5 Å². The fraction of sp³-hybridized carbons (Fsp3) is 0.200. The summed E-state index contributed by atoms with van der Waals surface area (Å²) in [5, 5.41) is 9.65. The standard InChI is InChI=1S/C10H12BrNO2/c1-14-8-5-7(3-2-4-12)10(13)9(11)6-8/h2-3,5-6,13H,4,12H2,1H3/b3-2+. The molecule has 0 saturated heterocycles. The molecule has 1 aromatic rings. The predicted octanol–water partition coefficient (Wildman–Crippen LogP) is 2.14. The van der Waals surface area contributed by atoms with E-state index in [0.29, 0.717) is 22.3 Å². The maximum absolute atomic E-state index is 9.65. The third kappa shape index (κ3) is 2.49. The molecule has 0 saturated carbocycles. The zero-order valence-corrected chi connectivity index (χ0v) is 9.41. The lowest BCUT2D eigenvalue weighted by Crippen LogP contribution is -1.92. The summed E-state index contributed by atoms with van der Waals surface area (Å²) in [6, 6.07) is 3.45. The molecule has 0 atom stereocenters. The Hall–Kier alpha value is -1.00. The Morgan fingerprint density at radius 3 is 2.86 bits per heavy atom. The normalized spacial score (nSPS) is 10.8. The van der Waals surface area contributed by atoms with Crippen LogP contribution in [-0.2, 0) is 0 Å². The molecule has 0 fully saturated rings. The van der Waals surface area contributed by atoms with Gasteiger partial charge in [0.05, 0.1) is 11.6 Å². The minimum absolute atomic E-state index is 0.190. The number of ether oxygens (including phenoxy) is 1. The van der Waals surface area contributed by atoms with Gasteiger partial charge in [0.2, 0.25) is 0 Å². The first-order valence-corrected chi connectivity index (χ1v) is 4.91. The maximum atomic E-state index is 9.65. The second-order valence-corrected chi connectivity index (χ2v) is 3.54. The molecule has 3 nitrogen and oxygen atoms in total. The van der Waals surface area contributed by atoms with Gasteiger partial charge in [-0.25, -0.2) is 0 Å².